The summed E-state index contributed by atoms with van der Waals surface area (Å²) in [5, 5.41) is 2.42. The number of likely N-dealkylation sites (tertiary alicyclic amines) is 1. The average molecular weight is 370 g/mol. The van der Waals surface area contributed by atoms with Crippen molar-refractivity contribution in [1.82, 2.24) is 10.2 Å². The smallest absolute Gasteiger partial charge is 0.415 e. The van der Waals surface area contributed by atoms with E-state index in [1.807, 2.05) is 30.3 Å². The average Bonchev–Trinajstić information content (AvgIpc) is 2.70. The summed E-state index contributed by atoms with van der Waals surface area (Å²) in [6.45, 7) is 0.964. The number of para-hydroxylation sites is 1. The van der Waals surface area contributed by atoms with Crippen LogP contribution in [0, 0.1) is 0 Å². The maximum Gasteiger partial charge on any atom is 0.415 e. The molecular weight excluding hydrogens is 348 g/mol. The second-order valence-corrected chi connectivity index (χ2v) is 6.10. The largest absolute Gasteiger partial charge is 0.457 e. The van der Waals surface area contributed by atoms with E-state index in [1.54, 1.807) is 29.2 Å². The molecule has 27 heavy (non-hydrogen) atoms. The van der Waals surface area contributed by atoms with Gasteiger partial charge in [-0.1, -0.05) is 18.2 Å². The molecule has 1 heterocycles. The third kappa shape index (κ3) is 5.37. The molecule has 1 saturated heterocycles. The summed E-state index contributed by atoms with van der Waals surface area (Å²) in [5.41, 5.74) is 0. The van der Waals surface area contributed by atoms with Crippen LogP contribution in [0.15, 0.2) is 54.6 Å². The molecule has 2 aromatic rings. The van der Waals surface area contributed by atoms with E-state index in [0.717, 1.165) is 5.75 Å². The van der Waals surface area contributed by atoms with Gasteiger partial charge in [0.05, 0.1) is 0 Å². The molecule has 7 heteroatoms. The Kier molecular flexibility index (Phi) is 6.14. The zero-order chi connectivity index (χ0) is 19.1. The fraction of sp³-hybridized carbons (Fsp3) is 0.300. The second-order valence-electron chi connectivity index (χ2n) is 6.10. The number of nitrogens with zero attached hydrogens (tertiary/aromatic N) is 1. The Hall–Kier alpha value is -3.22. The summed E-state index contributed by atoms with van der Waals surface area (Å²) in [6.07, 6.45) is 0.140. The van der Waals surface area contributed by atoms with Crippen molar-refractivity contribution < 1.29 is 23.8 Å². The predicted octanol–water partition coefficient (Wildman–Crippen LogP) is 3.80. The minimum atomic E-state index is -0.450. The maximum atomic E-state index is 12.3. The van der Waals surface area contributed by atoms with Crippen molar-refractivity contribution in [1.29, 1.82) is 0 Å². The number of ether oxygens (including phenoxy) is 3. The van der Waals surface area contributed by atoms with E-state index < -0.39 is 12.2 Å². The van der Waals surface area contributed by atoms with Crippen molar-refractivity contribution in [3.05, 3.63) is 54.6 Å². The SMILES string of the molecule is CNC(=O)OC1CCN(C(=O)Oc2ccc(Oc3ccccc3)cc2)CC1. The number of amides is 2. The van der Waals surface area contributed by atoms with Crippen LogP contribution in [0.5, 0.6) is 17.2 Å². The Balaban J connectivity index is 1.48. The lowest BCUT2D eigenvalue weighted by Gasteiger charge is -2.30. The van der Waals surface area contributed by atoms with E-state index in [1.165, 1.54) is 7.05 Å². The van der Waals surface area contributed by atoms with Crippen LogP contribution in [0.1, 0.15) is 12.8 Å². The first-order valence-corrected chi connectivity index (χ1v) is 8.82. The summed E-state index contributed by atoms with van der Waals surface area (Å²) < 4.78 is 16.3. The molecule has 0 bridgehead atoms. The first kappa shape index (κ1) is 18.6. The van der Waals surface area contributed by atoms with E-state index in [-0.39, 0.29) is 6.10 Å². The molecule has 0 atom stereocenters. The van der Waals surface area contributed by atoms with Crippen LogP contribution in [-0.2, 0) is 4.74 Å². The van der Waals surface area contributed by atoms with Crippen LogP contribution >= 0.6 is 0 Å². The number of alkyl carbamates (subject to hydrolysis) is 1. The molecule has 2 aromatic carbocycles. The standard InChI is InChI=1S/C20H22N2O5/c1-21-19(23)26-18-11-13-22(14-12-18)20(24)27-17-9-7-16(8-10-17)25-15-5-3-2-4-6-15/h2-10,18H,11-14H2,1H3,(H,21,23). The number of hydrogen-bond donors (Lipinski definition) is 1. The van der Waals surface area contributed by atoms with Gasteiger partial charge in [-0.25, -0.2) is 9.59 Å². The van der Waals surface area contributed by atoms with Crippen molar-refractivity contribution in [2.75, 3.05) is 20.1 Å². The number of carbonyl (C=O) groups is 2. The lowest BCUT2D eigenvalue weighted by molar-refractivity contribution is 0.0535. The molecule has 0 spiro atoms. The quantitative estimate of drug-likeness (QED) is 0.886. The van der Waals surface area contributed by atoms with Gasteiger partial charge in [0.2, 0.25) is 0 Å². The summed E-state index contributed by atoms with van der Waals surface area (Å²) >= 11 is 0. The van der Waals surface area contributed by atoms with Crippen LogP contribution in [-0.4, -0.2) is 43.3 Å². The fourth-order valence-electron chi connectivity index (χ4n) is 2.73. The summed E-state index contributed by atoms with van der Waals surface area (Å²) in [4.78, 5) is 25.1. The molecule has 0 saturated carbocycles. The van der Waals surface area contributed by atoms with Gasteiger partial charge in [0.15, 0.2) is 0 Å². The van der Waals surface area contributed by atoms with Crippen LogP contribution in [0.25, 0.3) is 0 Å². The zero-order valence-corrected chi connectivity index (χ0v) is 15.1. The highest BCUT2D eigenvalue weighted by Crippen LogP contribution is 2.24. The van der Waals surface area contributed by atoms with Gasteiger partial charge < -0.3 is 24.4 Å². The van der Waals surface area contributed by atoms with Crippen molar-refractivity contribution in [3.8, 4) is 17.2 Å². The molecule has 1 aliphatic heterocycles. The van der Waals surface area contributed by atoms with Crippen LogP contribution in [0.4, 0.5) is 9.59 Å². The minimum Gasteiger partial charge on any atom is -0.457 e. The highest BCUT2D eigenvalue weighted by molar-refractivity contribution is 5.71. The van der Waals surface area contributed by atoms with E-state index in [4.69, 9.17) is 14.2 Å². The number of hydrogen-bond acceptors (Lipinski definition) is 5. The number of piperidine rings is 1. The summed E-state index contributed by atoms with van der Waals surface area (Å²) in [6, 6.07) is 16.3. The zero-order valence-electron chi connectivity index (χ0n) is 15.1. The van der Waals surface area contributed by atoms with Gasteiger partial charge in [0, 0.05) is 33.0 Å². The first-order valence-electron chi connectivity index (χ1n) is 8.82. The van der Waals surface area contributed by atoms with Gasteiger partial charge in [-0.2, -0.15) is 0 Å². The third-order valence-corrected chi connectivity index (χ3v) is 4.19. The van der Waals surface area contributed by atoms with Crippen molar-refractivity contribution >= 4 is 12.2 Å². The lowest BCUT2D eigenvalue weighted by atomic mass is 10.1. The van der Waals surface area contributed by atoms with Gasteiger partial charge in [-0.05, 0) is 36.4 Å². The fourth-order valence-corrected chi connectivity index (χ4v) is 2.73. The lowest BCUT2D eigenvalue weighted by Crippen LogP contribution is -2.43. The topological polar surface area (TPSA) is 77.1 Å². The molecular formula is C20H22N2O5. The summed E-state index contributed by atoms with van der Waals surface area (Å²) in [5.74, 6) is 1.85. The van der Waals surface area contributed by atoms with Crippen LogP contribution in [0.3, 0.4) is 0 Å². The molecule has 1 fully saturated rings. The predicted molar refractivity (Wildman–Crippen MR) is 99.1 cm³/mol. The Bertz CT molecular complexity index is 756. The Morgan fingerprint density at radius 1 is 0.926 bits per heavy atom. The number of carbonyl (C=O) groups excluding carboxylic acids is 2. The van der Waals surface area contributed by atoms with E-state index >= 15 is 0 Å². The van der Waals surface area contributed by atoms with Crippen molar-refractivity contribution in [3.63, 3.8) is 0 Å². The highest BCUT2D eigenvalue weighted by Gasteiger charge is 2.26. The van der Waals surface area contributed by atoms with Crippen molar-refractivity contribution in [2.24, 2.45) is 0 Å². The van der Waals surface area contributed by atoms with Gasteiger partial charge in [-0.3, -0.25) is 0 Å². The molecule has 0 unspecified atom stereocenters. The summed E-state index contributed by atoms with van der Waals surface area (Å²) in [7, 11) is 1.52. The van der Waals surface area contributed by atoms with Gasteiger partial charge in [0.25, 0.3) is 0 Å². The number of rotatable bonds is 4. The number of benzene rings is 2. The van der Waals surface area contributed by atoms with E-state index in [0.29, 0.717) is 37.4 Å². The molecule has 1 N–H and O–H groups in total. The van der Waals surface area contributed by atoms with Gasteiger partial charge in [0.1, 0.15) is 23.4 Å². The van der Waals surface area contributed by atoms with Gasteiger partial charge >= 0.3 is 12.2 Å². The van der Waals surface area contributed by atoms with E-state index in [9.17, 15) is 9.59 Å². The number of nitrogens with one attached hydrogen (secondary N) is 1. The normalized spacial score (nSPS) is 14.3. The Morgan fingerprint density at radius 3 is 2.15 bits per heavy atom. The molecule has 7 nitrogen and oxygen atoms in total. The van der Waals surface area contributed by atoms with Crippen molar-refractivity contribution in [2.45, 2.75) is 18.9 Å². The monoisotopic (exact) mass is 370 g/mol. The molecule has 2 amide bonds. The molecule has 142 valence electrons. The Labute approximate surface area is 157 Å². The molecule has 0 aliphatic carbocycles. The van der Waals surface area contributed by atoms with E-state index in [2.05, 4.69) is 5.32 Å². The second kappa shape index (κ2) is 8.93. The highest BCUT2D eigenvalue weighted by atomic mass is 16.6. The first-order chi connectivity index (χ1) is 13.1. The molecule has 3 rings (SSSR count). The maximum absolute atomic E-state index is 12.3. The van der Waals surface area contributed by atoms with Gasteiger partial charge in [-0.15, -0.1) is 0 Å². The molecule has 0 aromatic heterocycles. The minimum absolute atomic E-state index is 0.177. The molecule has 0 radical (unpaired) electrons. The Morgan fingerprint density at radius 2 is 1.52 bits per heavy atom. The third-order valence-electron chi connectivity index (χ3n) is 4.19. The van der Waals surface area contributed by atoms with Crippen LogP contribution < -0.4 is 14.8 Å². The van der Waals surface area contributed by atoms with Crippen LogP contribution in [0.2, 0.25) is 0 Å². The molecule has 1 aliphatic rings.